The van der Waals surface area contributed by atoms with E-state index >= 15 is 0 Å². The third-order valence-corrected chi connectivity index (χ3v) is 2.34. The Bertz CT molecular complexity index is 388. The predicted octanol–water partition coefficient (Wildman–Crippen LogP) is 4.37. The first kappa shape index (κ1) is 11.7. The number of rotatable bonds is 4. The molecule has 0 radical (unpaired) electrons. The molecule has 1 heteroatoms. The van der Waals surface area contributed by atoms with Crippen LogP contribution in [0.2, 0.25) is 0 Å². The second kappa shape index (κ2) is 4.92. The average Bonchev–Trinajstić information content (AvgIpc) is 2.17. The number of halogens is 1. The molecular weight excluding hydrogens is 187 g/mol. The van der Waals surface area contributed by atoms with Gasteiger partial charge in [-0.1, -0.05) is 31.7 Å². The lowest BCUT2D eigenvalue weighted by Crippen LogP contribution is -1.92. The zero-order chi connectivity index (χ0) is 11.4. The SMILES string of the molecule is C=C(C)CC(=C)c1cc(CC)ccc1F. The minimum absolute atomic E-state index is 0.196. The topological polar surface area (TPSA) is 0 Å². The number of hydrogen-bond donors (Lipinski definition) is 0. The molecule has 0 heterocycles. The van der Waals surface area contributed by atoms with Crippen molar-refractivity contribution < 1.29 is 4.39 Å². The molecule has 0 aromatic heterocycles. The zero-order valence-corrected chi connectivity index (χ0v) is 9.44. The molecule has 1 rings (SSSR count). The largest absolute Gasteiger partial charge is 0.206 e. The van der Waals surface area contributed by atoms with E-state index in [0.29, 0.717) is 12.0 Å². The Morgan fingerprint density at radius 3 is 2.53 bits per heavy atom. The third-order valence-electron chi connectivity index (χ3n) is 2.34. The van der Waals surface area contributed by atoms with Crippen LogP contribution in [-0.4, -0.2) is 0 Å². The minimum atomic E-state index is -0.196. The van der Waals surface area contributed by atoms with Gasteiger partial charge in [-0.05, 0) is 43.0 Å². The smallest absolute Gasteiger partial charge is 0.130 e. The van der Waals surface area contributed by atoms with Crippen molar-refractivity contribution in [3.05, 3.63) is 53.9 Å². The van der Waals surface area contributed by atoms with Gasteiger partial charge in [-0.3, -0.25) is 0 Å². The van der Waals surface area contributed by atoms with Crippen LogP contribution in [0.1, 0.15) is 31.4 Å². The van der Waals surface area contributed by atoms with Crippen molar-refractivity contribution in [2.45, 2.75) is 26.7 Å². The molecule has 0 nitrogen and oxygen atoms in total. The van der Waals surface area contributed by atoms with Crippen molar-refractivity contribution in [3.63, 3.8) is 0 Å². The first-order chi connectivity index (χ1) is 7.04. The Hall–Kier alpha value is -1.37. The fourth-order valence-corrected chi connectivity index (χ4v) is 1.52. The summed E-state index contributed by atoms with van der Waals surface area (Å²) in [5, 5.41) is 0. The van der Waals surface area contributed by atoms with E-state index < -0.39 is 0 Å². The van der Waals surface area contributed by atoms with E-state index in [0.717, 1.165) is 23.1 Å². The van der Waals surface area contributed by atoms with Gasteiger partial charge in [-0.15, -0.1) is 0 Å². The van der Waals surface area contributed by atoms with Crippen LogP contribution in [0.25, 0.3) is 5.57 Å². The molecule has 0 aliphatic carbocycles. The maximum atomic E-state index is 13.5. The Labute approximate surface area is 91.1 Å². The highest BCUT2D eigenvalue weighted by Gasteiger charge is 2.06. The monoisotopic (exact) mass is 204 g/mol. The third kappa shape index (κ3) is 3.05. The fourth-order valence-electron chi connectivity index (χ4n) is 1.52. The maximum Gasteiger partial charge on any atom is 0.130 e. The van der Waals surface area contributed by atoms with Crippen LogP contribution in [0.3, 0.4) is 0 Å². The standard InChI is InChI=1S/C14H17F/c1-5-12-6-7-14(15)13(9-12)11(4)8-10(2)3/h6-7,9H,2,4-5,8H2,1,3H3. The first-order valence-electron chi connectivity index (χ1n) is 5.15. The summed E-state index contributed by atoms with van der Waals surface area (Å²) in [4.78, 5) is 0. The van der Waals surface area contributed by atoms with Crippen LogP contribution in [0.4, 0.5) is 4.39 Å². The second-order valence-electron chi connectivity index (χ2n) is 3.91. The summed E-state index contributed by atoms with van der Waals surface area (Å²) in [6.45, 7) is 11.7. The average molecular weight is 204 g/mol. The van der Waals surface area contributed by atoms with Gasteiger partial charge in [0.25, 0.3) is 0 Å². The van der Waals surface area contributed by atoms with Gasteiger partial charge >= 0.3 is 0 Å². The van der Waals surface area contributed by atoms with Gasteiger partial charge in [0.15, 0.2) is 0 Å². The quantitative estimate of drug-likeness (QED) is 0.639. The van der Waals surface area contributed by atoms with Crippen LogP contribution < -0.4 is 0 Å². The van der Waals surface area contributed by atoms with E-state index in [4.69, 9.17) is 0 Å². The van der Waals surface area contributed by atoms with Crippen molar-refractivity contribution in [3.8, 4) is 0 Å². The van der Waals surface area contributed by atoms with Gasteiger partial charge < -0.3 is 0 Å². The summed E-state index contributed by atoms with van der Waals surface area (Å²) < 4.78 is 13.5. The summed E-state index contributed by atoms with van der Waals surface area (Å²) in [6.07, 6.45) is 1.57. The van der Waals surface area contributed by atoms with Gasteiger partial charge in [-0.2, -0.15) is 0 Å². The van der Waals surface area contributed by atoms with Crippen molar-refractivity contribution in [1.29, 1.82) is 0 Å². The molecule has 0 aliphatic heterocycles. The summed E-state index contributed by atoms with van der Waals surface area (Å²) in [5.74, 6) is -0.196. The highest BCUT2D eigenvalue weighted by atomic mass is 19.1. The molecule has 0 saturated carbocycles. The van der Waals surface area contributed by atoms with Gasteiger partial charge in [0.1, 0.15) is 5.82 Å². The highest BCUT2D eigenvalue weighted by molar-refractivity contribution is 5.66. The molecule has 0 saturated heterocycles. The van der Waals surface area contributed by atoms with E-state index in [1.54, 1.807) is 0 Å². The van der Waals surface area contributed by atoms with E-state index in [2.05, 4.69) is 20.1 Å². The molecule has 0 aliphatic rings. The van der Waals surface area contributed by atoms with Crippen molar-refractivity contribution >= 4 is 5.57 Å². The highest BCUT2D eigenvalue weighted by Crippen LogP contribution is 2.23. The minimum Gasteiger partial charge on any atom is -0.206 e. The molecule has 0 bridgehead atoms. The van der Waals surface area contributed by atoms with E-state index in [1.807, 2.05) is 19.1 Å². The van der Waals surface area contributed by atoms with Gasteiger partial charge in [0, 0.05) is 5.56 Å². The van der Waals surface area contributed by atoms with E-state index in [9.17, 15) is 4.39 Å². The van der Waals surface area contributed by atoms with Crippen LogP contribution in [-0.2, 0) is 6.42 Å². The van der Waals surface area contributed by atoms with Crippen LogP contribution in [0.5, 0.6) is 0 Å². The lowest BCUT2D eigenvalue weighted by molar-refractivity contribution is 0.622. The zero-order valence-electron chi connectivity index (χ0n) is 9.44. The molecule has 15 heavy (non-hydrogen) atoms. The number of benzene rings is 1. The van der Waals surface area contributed by atoms with Crippen molar-refractivity contribution in [1.82, 2.24) is 0 Å². The number of allylic oxidation sites excluding steroid dienone is 2. The molecule has 0 amide bonds. The Morgan fingerprint density at radius 2 is 2.00 bits per heavy atom. The maximum absolute atomic E-state index is 13.5. The predicted molar refractivity (Wildman–Crippen MR) is 64.2 cm³/mol. The molecular formula is C14H17F. The van der Waals surface area contributed by atoms with E-state index in [1.165, 1.54) is 6.07 Å². The normalized spacial score (nSPS) is 10.1. The number of hydrogen-bond acceptors (Lipinski definition) is 0. The molecule has 80 valence electrons. The Balaban J connectivity index is 3.01. The van der Waals surface area contributed by atoms with Crippen LogP contribution in [0.15, 0.2) is 36.9 Å². The molecule has 0 N–H and O–H groups in total. The van der Waals surface area contributed by atoms with Gasteiger partial charge in [-0.25, -0.2) is 4.39 Å². The Morgan fingerprint density at radius 1 is 1.33 bits per heavy atom. The lowest BCUT2D eigenvalue weighted by Gasteiger charge is -2.08. The summed E-state index contributed by atoms with van der Waals surface area (Å²) in [5.41, 5.74) is 3.56. The molecule has 0 atom stereocenters. The van der Waals surface area contributed by atoms with Gasteiger partial charge in [0.05, 0.1) is 0 Å². The lowest BCUT2D eigenvalue weighted by atomic mass is 9.98. The Kier molecular flexibility index (Phi) is 3.84. The van der Waals surface area contributed by atoms with Crippen LogP contribution >= 0.6 is 0 Å². The number of aryl methyl sites for hydroxylation is 1. The molecule has 1 aromatic rings. The molecule has 0 fully saturated rings. The fraction of sp³-hybridized carbons (Fsp3) is 0.286. The second-order valence-corrected chi connectivity index (χ2v) is 3.91. The summed E-state index contributed by atoms with van der Waals surface area (Å²) >= 11 is 0. The molecule has 0 spiro atoms. The first-order valence-corrected chi connectivity index (χ1v) is 5.15. The molecule has 0 unspecified atom stereocenters. The van der Waals surface area contributed by atoms with Gasteiger partial charge in [0.2, 0.25) is 0 Å². The van der Waals surface area contributed by atoms with Crippen molar-refractivity contribution in [2.75, 3.05) is 0 Å². The van der Waals surface area contributed by atoms with E-state index in [-0.39, 0.29) is 5.82 Å². The summed E-state index contributed by atoms with van der Waals surface area (Å²) in [7, 11) is 0. The molecule has 1 aromatic carbocycles. The van der Waals surface area contributed by atoms with Crippen LogP contribution in [0, 0.1) is 5.82 Å². The van der Waals surface area contributed by atoms with Crippen molar-refractivity contribution in [2.24, 2.45) is 0 Å². The summed E-state index contributed by atoms with van der Waals surface area (Å²) in [6, 6.07) is 5.20.